The van der Waals surface area contributed by atoms with Crippen molar-refractivity contribution in [3.63, 3.8) is 0 Å². The van der Waals surface area contributed by atoms with E-state index in [-0.39, 0.29) is 17.4 Å². The third-order valence-corrected chi connectivity index (χ3v) is 2.68. The Morgan fingerprint density at radius 1 is 1.47 bits per heavy atom. The van der Waals surface area contributed by atoms with Gasteiger partial charge in [-0.1, -0.05) is 6.92 Å². The van der Waals surface area contributed by atoms with Crippen molar-refractivity contribution in [1.82, 2.24) is 4.98 Å². The van der Waals surface area contributed by atoms with Gasteiger partial charge in [-0.3, -0.25) is 0 Å². The van der Waals surface area contributed by atoms with E-state index in [1.807, 2.05) is 6.92 Å². The van der Waals surface area contributed by atoms with E-state index in [0.717, 1.165) is 24.9 Å². The summed E-state index contributed by atoms with van der Waals surface area (Å²) in [5.74, 6) is 0. The minimum absolute atomic E-state index is 0. The Morgan fingerprint density at radius 3 is 2.67 bits per heavy atom. The standard InChI is InChI=1S/C9H14N2O2S.ClH/c1-3-5-10-8-4-6-11-9(7-8)14(2,12)13;/h4,6-7H,3,5H2,1-2H3,(H,10,11);1H. The second kappa shape index (κ2) is 5.92. The monoisotopic (exact) mass is 250 g/mol. The van der Waals surface area contributed by atoms with Crippen molar-refractivity contribution in [3.8, 4) is 0 Å². The highest BCUT2D eigenvalue weighted by atomic mass is 35.5. The molecule has 0 bridgehead atoms. The molecule has 0 aliphatic heterocycles. The van der Waals surface area contributed by atoms with Gasteiger partial charge in [-0.25, -0.2) is 13.4 Å². The molecule has 1 heterocycles. The number of hydrogen-bond donors (Lipinski definition) is 1. The lowest BCUT2D eigenvalue weighted by molar-refractivity contribution is 0.598. The van der Waals surface area contributed by atoms with Crippen LogP contribution < -0.4 is 5.32 Å². The summed E-state index contributed by atoms with van der Waals surface area (Å²) < 4.78 is 22.3. The molecule has 4 nitrogen and oxygen atoms in total. The van der Waals surface area contributed by atoms with Crippen LogP contribution in [-0.2, 0) is 9.84 Å². The van der Waals surface area contributed by atoms with Crippen LogP contribution >= 0.6 is 12.4 Å². The van der Waals surface area contributed by atoms with Gasteiger partial charge in [0.2, 0.25) is 0 Å². The van der Waals surface area contributed by atoms with Crippen molar-refractivity contribution in [3.05, 3.63) is 18.3 Å². The van der Waals surface area contributed by atoms with Gasteiger partial charge in [0.05, 0.1) is 0 Å². The van der Waals surface area contributed by atoms with Gasteiger partial charge in [0.25, 0.3) is 0 Å². The Morgan fingerprint density at radius 2 is 2.13 bits per heavy atom. The molecule has 0 saturated heterocycles. The van der Waals surface area contributed by atoms with Gasteiger partial charge in [0, 0.05) is 24.7 Å². The van der Waals surface area contributed by atoms with Gasteiger partial charge >= 0.3 is 0 Å². The van der Waals surface area contributed by atoms with Crippen LogP contribution in [0.25, 0.3) is 0 Å². The number of sulfone groups is 1. The molecule has 86 valence electrons. The lowest BCUT2D eigenvalue weighted by Crippen LogP contribution is -2.04. The molecule has 0 radical (unpaired) electrons. The molecule has 0 atom stereocenters. The highest BCUT2D eigenvalue weighted by molar-refractivity contribution is 7.90. The zero-order valence-corrected chi connectivity index (χ0v) is 10.4. The van der Waals surface area contributed by atoms with Crippen LogP contribution in [0.4, 0.5) is 5.69 Å². The largest absolute Gasteiger partial charge is 0.385 e. The molecule has 0 aromatic carbocycles. The molecular formula is C9H15ClN2O2S. The smallest absolute Gasteiger partial charge is 0.192 e. The van der Waals surface area contributed by atoms with Crippen LogP contribution in [0.5, 0.6) is 0 Å². The number of aromatic nitrogens is 1. The number of anilines is 1. The number of rotatable bonds is 4. The van der Waals surface area contributed by atoms with Crippen LogP contribution in [0.2, 0.25) is 0 Å². The predicted molar refractivity (Wildman–Crippen MR) is 63.4 cm³/mol. The minimum Gasteiger partial charge on any atom is -0.385 e. The fraction of sp³-hybridized carbons (Fsp3) is 0.444. The van der Waals surface area contributed by atoms with Crippen molar-refractivity contribution in [1.29, 1.82) is 0 Å². The summed E-state index contributed by atoms with van der Waals surface area (Å²) in [6, 6.07) is 3.30. The zero-order valence-electron chi connectivity index (χ0n) is 8.73. The Kier molecular flexibility index (Phi) is 5.60. The second-order valence-electron chi connectivity index (χ2n) is 3.08. The molecule has 15 heavy (non-hydrogen) atoms. The average molecular weight is 251 g/mol. The molecule has 0 aliphatic rings. The van der Waals surface area contributed by atoms with Gasteiger partial charge in [-0.2, -0.15) is 0 Å². The molecule has 0 aliphatic carbocycles. The van der Waals surface area contributed by atoms with Gasteiger partial charge in [0.1, 0.15) is 0 Å². The molecule has 0 unspecified atom stereocenters. The third kappa shape index (κ3) is 4.48. The normalized spacial score (nSPS) is 10.5. The van der Waals surface area contributed by atoms with Crippen LogP contribution in [0.15, 0.2) is 23.4 Å². The second-order valence-corrected chi connectivity index (χ2v) is 5.04. The van der Waals surface area contributed by atoms with Gasteiger partial charge in [0.15, 0.2) is 14.9 Å². The lowest BCUT2D eigenvalue weighted by Gasteiger charge is -2.05. The van der Waals surface area contributed by atoms with E-state index in [0.29, 0.717) is 0 Å². The topological polar surface area (TPSA) is 59.1 Å². The summed E-state index contributed by atoms with van der Waals surface area (Å²) in [6.45, 7) is 2.87. The summed E-state index contributed by atoms with van der Waals surface area (Å²) in [5, 5.41) is 3.21. The van der Waals surface area contributed by atoms with Gasteiger partial charge in [-0.05, 0) is 18.6 Å². The van der Waals surface area contributed by atoms with E-state index in [9.17, 15) is 8.42 Å². The van der Waals surface area contributed by atoms with E-state index < -0.39 is 9.84 Å². The third-order valence-electron chi connectivity index (χ3n) is 1.69. The predicted octanol–water partition coefficient (Wildman–Crippen LogP) is 1.73. The van der Waals surface area contributed by atoms with Crippen LogP contribution in [0.3, 0.4) is 0 Å². The maximum Gasteiger partial charge on any atom is 0.192 e. The molecule has 0 amide bonds. The summed E-state index contributed by atoms with van der Waals surface area (Å²) >= 11 is 0. The highest BCUT2D eigenvalue weighted by Gasteiger charge is 2.08. The van der Waals surface area contributed by atoms with E-state index in [1.165, 1.54) is 6.20 Å². The van der Waals surface area contributed by atoms with Crippen LogP contribution in [-0.4, -0.2) is 26.2 Å². The van der Waals surface area contributed by atoms with E-state index in [4.69, 9.17) is 0 Å². The lowest BCUT2D eigenvalue weighted by atomic mass is 10.4. The number of nitrogens with zero attached hydrogens (tertiary/aromatic N) is 1. The average Bonchev–Trinajstić information content (AvgIpc) is 2.14. The Balaban J connectivity index is 0.00000196. The molecule has 0 spiro atoms. The SMILES string of the molecule is CCCNc1ccnc(S(C)(=O)=O)c1.Cl. The van der Waals surface area contributed by atoms with Crippen LogP contribution in [0.1, 0.15) is 13.3 Å². The molecule has 1 aromatic heterocycles. The first-order valence-corrected chi connectivity index (χ1v) is 6.33. The van der Waals surface area contributed by atoms with E-state index in [1.54, 1.807) is 12.1 Å². The Bertz CT molecular complexity index is 406. The van der Waals surface area contributed by atoms with Crippen molar-refractivity contribution in [2.45, 2.75) is 18.4 Å². The van der Waals surface area contributed by atoms with Crippen LogP contribution in [0, 0.1) is 0 Å². The first-order chi connectivity index (χ1) is 6.54. The molecule has 1 aromatic rings. The van der Waals surface area contributed by atoms with Crippen molar-refractivity contribution < 1.29 is 8.42 Å². The fourth-order valence-corrected chi connectivity index (χ4v) is 1.58. The van der Waals surface area contributed by atoms with Gasteiger partial charge < -0.3 is 5.32 Å². The molecule has 0 fully saturated rings. The number of pyridine rings is 1. The van der Waals surface area contributed by atoms with E-state index in [2.05, 4.69) is 10.3 Å². The summed E-state index contributed by atoms with van der Waals surface area (Å²) in [5.41, 5.74) is 0.794. The summed E-state index contributed by atoms with van der Waals surface area (Å²) in [7, 11) is -3.20. The fourth-order valence-electron chi connectivity index (χ4n) is 0.992. The number of nitrogens with one attached hydrogen (secondary N) is 1. The van der Waals surface area contributed by atoms with Crippen molar-refractivity contribution in [2.75, 3.05) is 18.1 Å². The maximum absolute atomic E-state index is 11.2. The number of hydrogen-bond acceptors (Lipinski definition) is 4. The first-order valence-electron chi connectivity index (χ1n) is 4.44. The van der Waals surface area contributed by atoms with Crippen molar-refractivity contribution >= 4 is 27.9 Å². The Labute approximate surface area is 96.4 Å². The number of halogens is 1. The summed E-state index contributed by atoms with van der Waals surface area (Å²) in [6.07, 6.45) is 3.64. The maximum atomic E-state index is 11.2. The quantitative estimate of drug-likeness (QED) is 0.884. The molecule has 1 N–H and O–H groups in total. The molecule has 1 rings (SSSR count). The zero-order chi connectivity index (χ0) is 10.6. The van der Waals surface area contributed by atoms with Gasteiger partial charge in [-0.15, -0.1) is 12.4 Å². The minimum atomic E-state index is -3.20. The summed E-state index contributed by atoms with van der Waals surface area (Å²) in [4.78, 5) is 3.79. The molecular weight excluding hydrogens is 236 g/mol. The molecule has 6 heteroatoms. The molecule has 0 saturated carbocycles. The first kappa shape index (κ1) is 14.2. The Hall–Kier alpha value is -0.810. The van der Waals surface area contributed by atoms with E-state index >= 15 is 0 Å². The highest BCUT2D eigenvalue weighted by Crippen LogP contribution is 2.11. The van der Waals surface area contributed by atoms with Crippen molar-refractivity contribution in [2.24, 2.45) is 0 Å².